The van der Waals surface area contributed by atoms with E-state index in [1.54, 1.807) is 0 Å². The Kier molecular flexibility index (Phi) is 4.81. The lowest BCUT2D eigenvalue weighted by molar-refractivity contribution is -0.167. The molecule has 1 saturated carbocycles. The summed E-state index contributed by atoms with van der Waals surface area (Å²) in [7, 11) is 2.62. The summed E-state index contributed by atoms with van der Waals surface area (Å²) in [5.74, 6) is -1.04. The minimum atomic E-state index is -1.27. The fraction of sp³-hybridized carbons (Fsp3) is 0.733. The molecule has 0 bridgehead atoms. The summed E-state index contributed by atoms with van der Waals surface area (Å²) in [6, 6.07) is 0. The fourth-order valence-corrected chi connectivity index (χ4v) is 3.16. The van der Waals surface area contributed by atoms with Gasteiger partial charge in [0.15, 0.2) is 5.41 Å². The van der Waals surface area contributed by atoms with E-state index in [9.17, 15) is 9.59 Å². The smallest absolute Gasteiger partial charge is 0.327 e. The van der Waals surface area contributed by atoms with Crippen molar-refractivity contribution in [3.63, 3.8) is 0 Å². The summed E-state index contributed by atoms with van der Waals surface area (Å²) in [6.45, 7) is 0.734. The molecule has 0 amide bonds. The van der Waals surface area contributed by atoms with Crippen LogP contribution >= 0.6 is 0 Å². The summed E-state index contributed by atoms with van der Waals surface area (Å²) in [5, 5.41) is 0. The lowest BCUT2D eigenvalue weighted by atomic mass is 9.69. The van der Waals surface area contributed by atoms with Crippen molar-refractivity contribution < 1.29 is 23.8 Å². The van der Waals surface area contributed by atoms with E-state index < -0.39 is 17.4 Å². The third-order valence-corrected chi connectivity index (χ3v) is 4.22. The maximum Gasteiger partial charge on any atom is 0.327 e. The van der Waals surface area contributed by atoms with Crippen LogP contribution in [0.4, 0.5) is 0 Å². The molecule has 1 heterocycles. The number of carbonyl (C=O) groups excluding carboxylic acids is 2. The zero-order valence-electron chi connectivity index (χ0n) is 12.1. The van der Waals surface area contributed by atoms with Crippen LogP contribution in [-0.2, 0) is 23.8 Å². The molecule has 1 unspecified atom stereocenters. The van der Waals surface area contributed by atoms with E-state index in [4.69, 9.17) is 14.2 Å². The van der Waals surface area contributed by atoms with Crippen molar-refractivity contribution in [1.82, 2.24) is 0 Å². The molecular formula is C15H22O5. The van der Waals surface area contributed by atoms with Crippen LogP contribution in [0.15, 0.2) is 11.6 Å². The molecule has 0 N–H and O–H groups in total. The van der Waals surface area contributed by atoms with Gasteiger partial charge >= 0.3 is 11.9 Å². The number of carbonyl (C=O) groups is 2. The van der Waals surface area contributed by atoms with Gasteiger partial charge in [-0.1, -0.05) is 12.5 Å². The highest BCUT2D eigenvalue weighted by molar-refractivity contribution is 6.03. The molecule has 0 radical (unpaired) electrons. The second kappa shape index (κ2) is 6.39. The van der Waals surface area contributed by atoms with Gasteiger partial charge in [-0.3, -0.25) is 9.59 Å². The summed E-state index contributed by atoms with van der Waals surface area (Å²) >= 11 is 0. The van der Waals surface area contributed by atoms with Crippen molar-refractivity contribution in [2.24, 2.45) is 5.41 Å². The SMILES string of the molecule is COC(=O)C1(C(=O)OC)CCCC/C1=C\C1CCCO1. The van der Waals surface area contributed by atoms with Crippen LogP contribution in [0.2, 0.25) is 0 Å². The average Bonchev–Trinajstić information content (AvgIpc) is 2.99. The van der Waals surface area contributed by atoms with Gasteiger partial charge in [0, 0.05) is 6.61 Å². The van der Waals surface area contributed by atoms with Gasteiger partial charge in [0.05, 0.1) is 20.3 Å². The van der Waals surface area contributed by atoms with Gasteiger partial charge in [-0.15, -0.1) is 0 Å². The summed E-state index contributed by atoms with van der Waals surface area (Å²) < 4.78 is 15.4. The van der Waals surface area contributed by atoms with Gasteiger partial charge in [-0.2, -0.15) is 0 Å². The van der Waals surface area contributed by atoms with Crippen molar-refractivity contribution in [1.29, 1.82) is 0 Å². The first kappa shape index (κ1) is 15.0. The molecule has 2 fully saturated rings. The number of hydrogen-bond acceptors (Lipinski definition) is 5. The van der Waals surface area contributed by atoms with Gasteiger partial charge in [-0.05, 0) is 37.7 Å². The van der Waals surface area contributed by atoms with E-state index in [2.05, 4.69) is 0 Å². The summed E-state index contributed by atoms with van der Waals surface area (Å²) in [5.41, 5.74) is -0.470. The fourth-order valence-electron chi connectivity index (χ4n) is 3.16. The van der Waals surface area contributed by atoms with E-state index in [-0.39, 0.29) is 6.10 Å². The Balaban J connectivity index is 2.38. The first-order chi connectivity index (χ1) is 9.65. The Morgan fingerprint density at radius 1 is 1.20 bits per heavy atom. The molecular weight excluding hydrogens is 260 g/mol. The van der Waals surface area contributed by atoms with Crippen molar-refractivity contribution in [2.45, 2.75) is 44.6 Å². The predicted octanol–water partition coefficient (Wildman–Crippen LogP) is 2.00. The molecule has 2 rings (SSSR count). The Bertz CT molecular complexity index is 390. The number of rotatable bonds is 3. The van der Waals surface area contributed by atoms with Crippen LogP contribution in [0.1, 0.15) is 38.5 Å². The first-order valence-electron chi connectivity index (χ1n) is 7.14. The largest absolute Gasteiger partial charge is 0.468 e. The Morgan fingerprint density at radius 2 is 1.90 bits per heavy atom. The van der Waals surface area contributed by atoms with Gasteiger partial charge in [-0.25, -0.2) is 0 Å². The summed E-state index contributed by atoms with van der Waals surface area (Å²) in [6.07, 6.45) is 6.83. The highest BCUT2D eigenvalue weighted by Gasteiger charge is 2.52. The third kappa shape index (κ3) is 2.59. The monoisotopic (exact) mass is 282 g/mol. The average molecular weight is 282 g/mol. The van der Waals surface area contributed by atoms with E-state index in [1.165, 1.54) is 14.2 Å². The van der Waals surface area contributed by atoms with Crippen LogP contribution in [0, 0.1) is 5.41 Å². The maximum absolute atomic E-state index is 12.3. The predicted molar refractivity (Wildman–Crippen MR) is 72.0 cm³/mol. The van der Waals surface area contributed by atoms with Crippen molar-refractivity contribution in [3.05, 3.63) is 11.6 Å². The molecule has 0 aromatic rings. The summed E-state index contributed by atoms with van der Waals surface area (Å²) in [4.78, 5) is 24.5. The van der Waals surface area contributed by atoms with Gasteiger partial charge in [0.25, 0.3) is 0 Å². The first-order valence-corrected chi connectivity index (χ1v) is 7.14. The molecule has 5 nitrogen and oxygen atoms in total. The molecule has 112 valence electrons. The molecule has 20 heavy (non-hydrogen) atoms. The lowest BCUT2D eigenvalue weighted by Crippen LogP contribution is -2.45. The van der Waals surface area contributed by atoms with Crippen molar-refractivity contribution >= 4 is 11.9 Å². The topological polar surface area (TPSA) is 61.8 Å². The van der Waals surface area contributed by atoms with Crippen LogP contribution in [0.25, 0.3) is 0 Å². The van der Waals surface area contributed by atoms with Gasteiger partial charge in [0.1, 0.15) is 0 Å². The molecule has 2 aliphatic rings. The van der Waals surface area contributed by atoms with Crippen LogP contribution < -0.4 is 0 Å². The van der Waals surface area contributed by atoms with Crippen LogP contribution in [0.3, 0.4) is 0 Å². The minimum Gasteiger partial charge on any atom is -0.468 e. The highest BCUT2D eigenvalue weighted by atomic mass is 16.5. The van der Waals surface area contributed by atoms with Gasteiger partial charge in [0.2, 0.25) is 0 Å². The Morgan fingerprint density at radius 3 is 2.45 bits per heavy atom. The molecule has 1 aliphatic heterocycles. The second-order valence-corrected chi connectivity index (χ2v) is 5.34. The number of methoxy groups -OCH3 is 2. The quantitative estimate of drug-likeness (QED) is 0.450. The minimum absolute atomic E-state index is 0.00297. The zero-order chi connectivity index (χ0) is 14.6. The number of hydrogen-bond donors (Lipinski definition) is 0. The Labute approximate surface area is 119 Å². The lowest BCUT2D eigenvalue weighted by Gasteiger charge is -2.34. The van der Waals surface area contributed by atoms with E-state index in [0.29, 0.717) is 12.8 Å². The molecule has 1 atom stereocenters. The molecule has 1 aliphatic carbocycles. The van der Waals surface area contributed by atoms with Crippen LogP contribution in [-0.4, -0.2) is 38.9 Å². The molecule has 0 aromatic carbocycles. The number of ether oxygens (including phenoxy) is 3. The number of esters is 2. The van der Waals surface area contributed by atoms with E-state index in [1.807, 2.05) is 6.08 Å². The zero-order valence-corrected chi connectivity index (χ0v) is 12.1. The molecule has 1 saturated heterocycles. The Hall–Kier alpha value is -1.36. The van der Waals surface area contributed by atoms with E-state index >= 15 is 0 Å². The molecule has 0 spiro atoms. The van der Waals surface area contributed by atoms with Gasteiger partial charge < -0.3 is 14.2 Å². The molecule has 5 heteroatoms. The highest BCUT2D eigenvalue weighted by Crippen LogP contribution is 2.43. The van der Waals surface area contributed by atoms with Crippen LogP contribution in [0.5, 0.6) is 0 Å². The van der Waals surface area contributed by atoms with Crippen molar-refractivity contribution in [3.8, 4) is 0 Å². The maximum atomic E-state index is 12.3. The standard InChI is InChI=1S/C15H22O5/c1-18-13(16)15(14(17)19-2)8-4-3-6-11(15)10-12-7-5-9-20-12/h10,12H,3-9H2,1-2H3/b11-10+. The van der Waals surface area contributed by atoms with E-state index in [0.717, 1.165) is 37.9 Å². The molecule has 0 aromatic heterocycles. The van der Waals surface area contributed by atoms with Crippen molar-refractivity contribution in [2.75, 3.05) is 20.8 Å². The second-order valence-electron chi connectivity index (χ2n) is 5.34. The normalized spacial score (nSPS) is 27.3. The third-order valence-electron chi connectivity index (χ3n) is 4.22.